The number of rotatable bonds is 4. The number of piperidine rings is 1. The molecule has 0 aliphatic carbocycles. The number of benzene rings is 1. The molecule has 1 aliphatic heterocycles. The summed E-state index contributed by atoms with van der Waals surface area (Å²) in [6, 6.07) is 1.46. The third kappa shape index (κ3) is 5.83. The van der Waals surface area contributed by atoms with E-state index in [1.807, 2.05) is 6.92 Å². The van der Waals surface area contributed by atoms with Crippen LogP contribution in [0.1, 0.15) is 56.4 Å². The molecule has 9 heteroatoms. The molecular formula is C18H23F6NO2. The van der Waals surface area contributed by atoms with Gasteiger partial charge in [0, 0.05) is 12.1 Å². The Hall–Kier alpha value is -1.32. The fourth-order valence-electron chi connectivity index (χ4n) is 2.87. The molecule has 0 saturated carbocycles. The van der Waals surface area contributed by atoms with Gasteiger partial charge in [-0.15, -0.1) is 0 Å². The van der Waals surface area contributed by atoms with Crippen molar-refractivity contribution in [3.05, 3.63) is 34.9 Å². The summed E-state index contributed by atoms with van der Waals surface area (Å²) in [6.07, 6.45) is -9.68. The highest BCUT2D eigenvalue weighted by Crippen LogP contribution is 2.38. The predicted molar refractivity (Wildman–Crippen MR) is 87.1 cm³/mol. The average Bonchev–Trinajstić information content (AvgIpc) is 2.54. The van der Waals surface area contributed by atoms with Crippen LogP contribution in [0.25, 0.3) is 0 Å². The quantitative estimate of drug-likeness (QED) is 0.722. The van der Waals surface area contributed by atoms with Crippen LogP contribution in [0.3, 0.4) is 0 Å². The van der Waals surface area contributed by atoms with Crippen LogP contribution >= 0.6 is 0 Å². The first kappa shape index (κ1) is 22.0. The summed E-state index contributed by atoms with van der Waals surface area (Å²) in [4.78, 5) is 0. The normalized spacial score (nSPS) is 28.2. The molecule has 0 amide bonds. The van der Waals surface area contributed by atoms with Crippen molar-refractivity contribution in [2.75, 3.05) is 13.2 Å². The van der Waals surface area contributed by atoms with Crippen LogP contribution in [0, 0.1) is 0 Å². The lowest BCUT2D eigenvalue weighted by molar-refractivity contribution is -0.143. The van der Waals surface area contributed by atoms with Crippen molar-refractivity contribution in [2.24, 2.45) is 0 Å². The standard InChI is InChI=1S/C18H23F6NO2/c1-11(27-10-15(2)4-5-16(3,26)9-25-15)12-6-13(17(19,20)21)8-14(7-12)18(22,23)24/h6-8,11,25-26H,4-5,9-10H2,1-3H3. The lowest BCUT2D eigenvalue weighted by Crippen LogP contribution is -2.57. The molecule has 3 unspecified atom stereocenters. The van der Waals surface area contributed by atoms with Crippen molar-refractivity contribution >= 4 is 0 Å². The number of aliphatic hydroxyl groups is 1. The minimum absolute atomic E-state index is 0.0852. The van der Waals surface area contributed by atoms with E-state index in [2.05, 4.69) is 5.32 Å². The Bertz CT molecular complexity index is 627. The first-order valence-electron chi connectivity index (χ1n) is 8.50. The van der Waals surface area contributed by atoms with E-state index in [-0.39, 0.29) is 18.2 Å². The number of alkyl halides is 6. The molecule has 3 atom stereocenters. The molecule has 0 spiro atoms. The summed E-state index contributed by atoms with van der Waals surface area (Å²) < 4.78 is 83.4. The molecule has 0 bridgehead atoms. The lowest BCUT2D eigenvalue weighted by atomic mass is 9.84. The number of halogens is 6. The lowest BCUT2D eigenvalue weighted by Gasteiger charge is -2.41. The Labute approximate surface area is 153 Å². The molecule has 1 aliphatic rings. The Kier molecular flexibility index (Phi) is 5.90. The van der Waals surface area contributed by atoms with Gasteiger partial charge >= 0.3 is 12.4 Å². The number of nitrogens with one attached hydrogen (secondary N) is 1. The van der Waals surface area contributed by atoms with Gasteiger partial charge in [-0.1, -0.05) is 0 Å². The van der Waals surface area contributed by atoms with Crippen LogP contribution in [0.2, 0.25) is 0 Å². The van der Waals surface area contributed by atoms with Crippen LogP contribution in [0.5, 0.6) is 0 Å². The van der Waals surface area contributed by atoms with Crippen molar-refractivity contribution in [2.45, 2.75) is 63.2 Å². The molecule has 1 fully saturated rings. The Morgan fingerprint density at radius 1 is 1.04 bits per heavy atom. The average molecular weight is 399 g/mol. The van der Waals surface area contributed by atoms with Crippen LogP contribution in [0.4, 0.5) is 26.3 Å². The van der Waals surface area contributed by atoms with E-state index in [1.54, 1.807) is 6.92 Å². The van der Waals surface area contributed by atoms with Gasteiger partial charge in [-0.25, -0.2) is 0 Å². The van der Waals surface area contributed by atoms with Crippen molar-refractivity contribution in [3.8, 4) is 0 Å². The predicted octanol–water partition coefficient (Wildman–Crippen LogP) is 4.69. The number of β-amino-alcohol motifs (C(OH)–C–C–N with tert-alkyl or cyclic N) is 1. The molecule has 1 saturated heterocycles. The molecular weight excluding hydrogens is 376 g/mol. The van der Waals surface area contributed by atoms with E-state index in [0.29, 0.717) is 31.5 Å². The van der Waals surface area contributed by atoms with E-state index in [0.717, 1.165) is 0 Å². The van der Waals surface area contributed by atoms with Crippen molar-refractivity contribution < 1.29 is 36.2 Å². The summed E-state index contributed by atoms with van der Waals surface area (Å²) in [5.41, 5.74) is -4.29. The van der Waals surface area contributed by atoms with Crippen molar-refractivity contribution in [1.29, 1.82) is 0 Å². The van der Waals surface area contributed by atoms with E-state index >= 15 is 0 Å². The van der Waals surface area contributed by atoms with Gasteiger partial charge in [-0.05, 0) is 57.4 Å². The summed E-state index contributed by atoms with van der Waals surface area (Å²) in [5, 5.41) is 13.1. The van der Waals surface area contributed by atoms with E-state index in [9.17, 15) is 31.4 Å². The van der Waals surface area contributed by atoms with Gasteiger partial charge < -0.3 is 15.2 Å². The maximum atomic E-state index is 13.0. The van der Waals surface area contributed by atoms with Crippen LogP contribution in [-0.4, -0.2) is 29.4 Å². The van der Waals surface area contributed by atoms with Gasteiger partial charge in [0.1, 0.15) is 0 Å². The SMILES string of the molecule is CC(OCC1(C)CCC(C)(O)CN1)c1cc(C(F)(F)F)cc(C(F)(F)F)c1. The fraction of sp³-hybridized carbons (Fsp3) is 0.667. The number of ether oxygens (including phenoxy) is 1. The zero-order valence-corrected chi connectivity index (χ0v) is 15.3. The Morgan fingerprint density at radius 2 is 1.56 bits per heavy atom. The molecule has 1 aromatic carbocycles. The van der Waals surface area contributed by atoms with Gasteiger partial charge in [0.15, 0.2) is 0 Å². The molecule has 2 N–H and O–H groups in total. The second kappa shape index (κ2) is 7.25. The first-order valence-corrected chi connectivity index (χ1v) is 8.50. The van der Waals surface area contributed by atoms with Crippen molar-refractivity contribution in [1.82, 2.24) is 5.32 Å². The van der Waals surface area contributed by atoms with Crippen LogP contribution in [-0.2, 0) is 17.1 Å². The van der Waals surface area contributed by atoms with Gasteiger partial charge in [0.25, 0.3) is 0 Å². The van der Waals surface area contributed by atoms with Gasteiger partial charge in [-0.3, -0.25) is 0 Å². The maximum Gasteiger partial charge on any atom is 0.416 e. The zero-order chi connectivity index (χ0) is 20.7. The molecule has 0 aromatic heterocycles. The second-order valence-electron chi connectivity index (χ2n) is 7.70. The topological polar surface area (TPSA) is 41.5 Å². The highest BCUT2D eigenvalue weighted by atomic mass is 19.4. The third-order valence-electron chi connectivity index (χ3n) is 4.84. The largest absolute Gasteiger partial charge is 0.416 e. The van der Waals surface area contributed by atoms with Gasteiger partial charge in [0.05, 0.1) is 29.4 Å². The zero-order valence-electron chi connectivity index (χ0n) is 15.3. The maximum absolute atomic E-state index is 13.0. The van der Waals surface area contributed by atoms with Gasteiger partial charge in [0.2, 0.25) is 0 Å². The minimum Gasteiger partial charge on any atom is -0.389 e. The number of hydrogen-bond donors (Lipinski definition) is 2. The fourth-order valence-corrected chi connectivity index (χ4v) is 2.87. The molecule has 27 heavy (non-hydrogen) atoms. The molecule has 1 aromatic rings. The van der Waals surface area contributed by atoms with Gasteiger partial charge in [-0.2, -0.15) is 26.3 Å². The van der Waals surface area contributed by atoms with Crippen molar-refractivity contribution in [3.63, 3.8) is 0 Å². The van der Waals surface area contributed by atoms with E-state index in [1.165, 1.54) is 6.92 Å². The molecule has 154 valence electrons. The Morgan fingerprint density at radius 3 is 1.96 bits per heavy atom. The highest BCUT2D eigenvalue weighted by molar-refractivity contribution is 5.34. The summed E-state index contributed by atoms with van der Waals surface area (Å²) in [7, 11) is 0. The smallest absolute Gasteiger partial charge is 0.389 e. The molecule has 0 radical (unpaired) electrons. The summed E-state index contributed by atoms with van der Waals surface area (Å²) in [5.74, 6) is 0. The van der Waals surface area contributed by atoms with Crippen LogP contribution < -0.4 is 5.32 Å². The number of hydrogen-bond acceptors (Lipinski definition) is 3. The monoisotopic (exact) mass is 399 g/mol. The second-order valence-corrected chi connectivity index (χ2v) is 7.70. The first-order chi connectivity index (χ1) is 12.1. The minimum atomic E-state index is -4.89. The Balaban J connectivity index is 2.17. The van der Waals surface area contributed by atoms with E-state index < -0.39 is 40.7 Å². The van der Waals surface area contributed by atoms with Crippen LogP contribution in [0.15, 0.2) is 18.2 Å². The third-order valence-corrected chi connectivity index (χ3v) is 4.84. The molecule has 1 heterocycles. The highest BCUT2D eigenvalue weighted by Gasteiger charge is 2.38. The van der Waals surface area contributed by atoms with E-state index in [4.69, 9.17) is 4.74 Å². The molecule has 3 nitrogen and oxygen atoms in total. The summed E-state index contributed by atoms with van der Waals surface area (Å²) in [6.45, 7) is 5.34. The molecule has 2 rings (SSSR count). The summed E-state index contributed by atoms with van der Waals surface area (Å²) >= 11 is 0.